The van der Waals surface area contributed by atoms with Crippen LogP contribution in [0.5, 0.6) is 0 Å². The third-order valence-electron chi connectivity index (χ3n) is 2.54. The summed E-state index contributed by atoms with van der Waals surface area (Å²) in [6.07, 6.45) is 2.03. The average molecular weight is 286 g/mol. The Balaban J connectivity index is 2.10. The van der Waals surface area contributed by atoms with Gasteiger partial charge in [-0.3, -0.25) is 4.68 Å². The molecule has 6 heteroatoms. The van der Waals surface area contributed by atoms with Crippen molar-refractivity contribution in [3.05, 3.63) is 27.5 Å². The maximum Gasteiger partial charge on any atom is 0.0976 e. The van der Waals surface area contributed by atoms with Gasteiger partial charge in [-0.1, -0.05) is 11.6 Å². The number of thiophene rings is 1. The maximum atomic E-state index is 5.97. The van der Waals surface area contributed by atoms with Gasteiger partial charge in [0.05, 0.1) is 16.6 Å². The van der Waals surface area contributed by atoms with Gasteiger partial charge < -0.3 is 10.1 Å². The Morgan fingerprint density at radius 1 is 1.56 bits per heavy atom. The number of methoxy groups -OCH3 is 1. The van der Waals surface area contributed by atoms with Crippen molar-refractivity contribution >= 4 is 22.9 Å². The van der Waals surface area contributed by atoms with Crippen LogP contribution in [0.3, 0.4) is 0 Å². The monoisotopic (exact) mass is 285 g/mol. The molecule has 2 rings (SSSR count). The molecule has 0 aromatic carbocycles. The Morgan fingerprint density at radius 3 is 3.06 bits per heavy atom. The lowest BCUT2D eigenvalue weighted by molar-refractivity contribution is 0.199. The Hall–Kier alpha value is -0.880. The van der Waals surface area contributed by atoms with Crippen LogP contribution in [0.4, 0.5) is 0 Å². The fraction of sp³-hybridized carbons (Fsp3) is 0.417. The van der Waals surface area contributed by atoms with Crippen LogP contribution in [0.2, 0.25) is 4.34 Å². The molecular weight excluding hydrogens is 270 g/mol. The standard InChI is InChI=1S/C12H16ClN3OS/c1-16-7-10(6-14-3-4-17-2)12(15-16)9-5-11(13)18-8-9/h5,7-8,14H,3-4,6H2,1-2H3. The van der Waals surface area contributed by atoms with E-state index in [1.54, 1.807) is 7.11 Å². The van der Waals surface area contributed by atoms with Gasteiger partial charge in [0.1, 0.15) is 0 Å². The summed E-state index contributed by atoms with van der Waals surface area (Å²) in [5.74, 6) is 0. The Labute approximate surface area is 116 Å². The molecule has 1 N–H and O–H groups in total. The Kier molecular flexibility index (Phi) is 4.77. The zero-order valence-corrected chi connectivity index (χ0v) is 12.0. The van der Waals surface area contributed by atoms with Gasteiger partial charge in [0, 0.05) is 50.0 Å². The molecule has 98 valence electrons. The zero-order valence-electron chi connectivity index (χ0n) is 10.4. The maximum absolute atomic E-state index is 5.97. The quantitative estimate of drug-likeness (QED) is 0.829. The second kappa shape index (κ2) is 6.33. The van der Waals surface area contributed by atoms with Gasteiger partial charge in [-0.2, -0.15) is 5.10 Å². The predicted octanol–water partition coefficient (Wildman–Crippen LogP) is 2.54. The van der Waals surface area contributed by atoms with Crippen molar-refractivity contribution in [1.29, 1.82) is 0 Å². The van der Waals surface area contributed by atoms with E-state index in [-0.39, 0.29) is 0 Å². The SMILES string of the molecule is COCCNCc1cn(C)nc1-c1csc(Cl)c1. The van der Waals surface area contributed by atoms with E-state index in [1.165, 1.54) is 16.9 Å². The topological polar surface area (TPSA) is 39.1 Å². The smallest absolute Gasteiger partial charge is 0.0976 e. The van der Waals surface area contributed by atoms with Gasteiger partial charge in [0.25, 0.3) is 0 Å². The van der Waals surface area contributed by atoms with Crippen molar-refractivity contribution in [2.75, 3.05) is 20.3 Å². The van der Waals surface area contributed by atoms with Gasteiger partial charge in [0.15, 0.2) is 0 Å². The van der Waals surface area contributed by atoms with E-state index in [0.717, 1.165) is 28.7 Å². The molecule has 0 atom stereocenters. The van der Waals surface area contributed by atoms with Gasteiger partial charge in [-0.15, -0.1) is 11.3 Å². The summed E-state index contributed by atoms with van der Waals surface area (Å²) in [5.41, 5.74) is 3.24. The summed E-state index contributed by atoms with van der Waals surface area (Å²) in [6, 6.07) is 1.95. The minimum absolute atomic E-state index is 0.708. The third kappa shape index (κ3) is 3.32. The number of nitrogens with zero attached hydrogens (tertiary/aromatic N) is 2. The molecule has 0 aliphatic rings. The lowest BCUT2D eigenvalue weighted by Crippen LogP contribution is -2.18. The van der Waals surface area contributed by atoms with E-state index in [0.29, 0.717) is 6.61 Å². The van der Waals surface area contributed by atoms with Gasteiger partial charge in [-0.05, 0) is 6.07 Å². The molecule has 18 heavy (non-hydrogen) atoms. The van der Waals surface area contributed by atoms with Crippen LogP contribution in [0.1, 0.15) is 5.56 Å². The fourth-order valence-electron chi connectivity index (χ4n) is 1.74. The molecule has 2 aromatic heterocycles. The molecule has 2 heterocycles. The van der Waals surface area contributed by atoms with Crippen molar-refractivity contribution in [1.82, 2.24) is 15.1 Å². The molecule has 0 aliphatic heterocycles. The van der Waals surface area contributed by atoms with Crippen molar-refractivity contribution in [2.24, 2.45) is 7.05 Å². The number of ether oxygens (including phenoxy) is 1. The summed E-state index contributed by atoms with van der Waals surface area (Å²) in [5, 5.41) is 9.84. The van der Waals surface area contributed by atoms with Crippen LogP contribution < -0.4 is 5.32 Å². The Morgan fingerprint density at radius 2 is 2.39 bits per heavy atom. The number of aryl methyl sites for hydroxylation is 1. The third-order valence-corrected chi connectivity index (χ3v) is 3.64. The van der Waals surface area contributed by atoms with E-state index in [1.807, 2.05) is 29.4 Å². The zero-order chi connectivity index (χ0) is 13.0. The summed E-state index contributed by atoms with van der Waals surface area (Å²) in [7, 11) is 3.63. The molecule has 2 aromatic rings. The number of halogens is 1. The van der Waals surface area contributed by atoms with Gasteiger partial charge in [0.2, 0.25) is 0 Å². The van der Waals surface area contributed by atoms with Crippen LogP contribution >= 0.6 is 22.9 Å². The van der Waals surface area contributed by atoms with Crippen molar-refractivity contribution in [3.8, 4) is 11.3 Å². The molecule has 0 radical (unpaired) electrons. The highest BCUT2D eigenvalue weighted by Crippen LogP contribution is 2.29. The normalized spacial score (nSPS) is 11.1. The Bertz CT molecular complexity index is 509. The fourth-order valence-corrected chi connectivity index (χ4v) is 2.61. The minimum atomic E-state index is 0.708. The molecule has 4 nitrogen and oxygen atoms in total. The molecule has 0 unspecified atom stereocenters. The van der Waals surface area contributed by atoms with Crippen molar-refractivity contribution in [2.45, 2.75) is 6.54 Å². The lowest BCUT2D eigenvalue weighted by atomic mass is 10.1. The highest BCUT2D eigenvalue weighted by atomic mass is 35.5. The average Bonchev–Trinajstić information content (AvgIpc) is 2.91. The first-order chi connectivity index (χ1) is 8.70. The van der Waals surface area contributed by atoms with Gasteiger partial charge in [-0.25, -0.2) is 0 Å². The molecule has 0 fully saturated rings. The number of aromatic nitrogens is 2. The van der Waals surface area contributed by atoms with E-state index < -0.39 is 0 Å². The van der Waals surface area contributed by atoms with E-state index in [2.05, 4.69) is 10.4 Å². The van der Waals surface area contributed by atoms with Crippen LogP contribution in [0.25, 0.3) is 11.3 Å². The van der Waals surface area contributed by atoms with Crippen LogP contribution in [-0.4, -0.2) is 30.0 Å². The lowest BCUT2D eigenvalue weighted by Gasteiger charge is -2.03. The number of hydrogen-bond donors (Lipinski definition) is 1. The number of rotatable bonds is 6. The van der Waals surface area contributed by atoms with E-state index in [4.69, 9.17) is 16.3 Å². The van der Waals surface area contributed by atoms with E-state index >= 15 is 0 Å². The molecular formula is C12H16ClN3OS. The molecule has 0 saturated carbocycles. The number of hydrogen-bond acceptors (Lipinski definition) is 4. The summed E-state index contributed by atoms with van der Waals surface area (Å²) in [6.45, 7) is 2.31. The summed E-state index contributed by atoms with van der Waals surface area (Å²) in [4.78, 5) is 0. The molecule has 0 bridgehead atoms. The van der Waals surface area contributed by atoms with E-state index in [9.17, 15) is 0 Å². The van der Waals surface area contributed by atoms with Crippen molar-refractivity contribution < 1.29 is 4.74 Å². The van der Waals surface area contributed by atoms with Crippen LogP contribution in [0.15, 0.2) is 17.6 Å². The molecule has 0 aliphatic carbocycles. The van der Waals surface area contributed by atoms with Crippen LogP contribution in [0, 0.1) is 0 Å². The first-order valence-electron chi connectivity index (χ1n) is 5.67. The second-order valence-corrected chi connectivity index (χ2v) is 5.53. The van der Waals surface area contributed by atoms with Crippen LogP contribution in [-0.2, 0) is 18.3 Å². The highest BCUT2D eigenvalue weighted by Gasteiger charge is 2.11. The summed E-state index contributed by atoms with van der Waals surface area (Å²) >= 11 is 7.49. The second-order valence-electron chi connectivity index (χ2n) is 3.99. The van der Waals surface area contributed by atoms with Gasteiger partial charge >= 0.3 is 0 Å². The summed E-state index contributed by atoms with van der Waals surface area (Å²) < 4.78 is 7.62. The van der Waals surface area contributed by atoms with Crippen molar-refractivity contribution in [3.63, 3.8) is 0 Å². The predicted molar refractivity (Wildman–Crippen MR) is 75.1 cm³/mol. The molecule has 0 amide bonds. The first kappa shape index (κ1) is 13.5. The highest BCUT2D eigenvalue weighted by molar-refractivity contribution is 7.14. The first-order valence-corrected chi connectivity index (χ1v) is 6.93. The molecule has 0 saturated heterocycles. The number of nitrogens with one attached hydrogen (secondary N) is 1. The minimum Gasteiger partial charge on any atom is -0.383 e. The largest absolute Gasteiger partial charge is 0.383 e. The molecule has 0 spiro atoms.